The van der Waals surface area contributed by atoms with Crippen LogP contribution in [0.25, 0.3) is 5.69 Å². The number of aromatic nitrogens is 3. The van der Waals surface area contributed by atoms with Gasteiger partial charge in [0, 0.05) is 19.3 Å². The highest BCUT2D eigenvalue weighted by Gasteiger charge is 2.46. The Kier molecular flexibility index (Phi) is 6.69. The first-order valence-electron chi connectivity index (χ1n) is 11.1. The van der Waals surface area contributed by atoms with Crippen molar-refractivity contribution in [2.24, 2.45) is 0 Å². The van der Waals surface area contributed by atoms with Crippen LogP contribution in [-0.4, -0.2) is 57.0 Å². The zero-order valence-corrected chi connectivity index (χ0v) is 20.0. The molecule has 0 bridgehead atoms. The number of halogens is 3. The van der Waals surface area contributed by atoms with E-state index in [0.717, 1.165) is 48.1 Å². The Labute approximate surface area is 204 Å². The smallest absolute Gasteiger partial charge is 0.493 e. The first kappa shape index (κ1) is 25.5. The molecule has 0 aliphatic carbocycles. The summed E-state index contributed by atoms with van der Waals surface area (Å²) >= 11 is 0. The van der Waals surface area contributed by atoms with Crippen molar-refractivity contribution < 1.29 is 31.5 Å². The van der Waals surface area contributed by atoms with Gasteiger partial charge in [-0.15, -0.1) is 0 Å². The molecule has 1 aliphatic heterocycles. The van der Waals surface area contributed by atoms with Gasteiger partial charge < -0.3 is 10.0 Å². The van der Waals surface area contributed by atoms with E-state index in [1.54, 1.807) is 17.0 Å². The fraction of sp³-hybridized carbons (Fsp3) is 0.348. The zero-order valence-electron chi connectivity index (χ0n) is 19.2. The fourth-order valence-corrected chi connectivity index (χ4v) is 4.86. The average molecular weight is 525 g/mol. The standard InChI is InChI=1S/C23H23F3N4O5S/c1-15-20(31)30(17-5-7-18(8-6-17)36(34,35)23(24,25)26)22(33)29(15)14-16-9-10-27-19(13-16)21(32)28-11-3-2-4-12-28/h5-10,13,31H,2-4,11-12,14H2,1H3. The molecule has 13 heteroatoms. The third-order valence-electron chi connectivity index (χ3n) is 6.10. The number of pyridine rings is 1. The molecule has 192 valence electrons. The van der Waals surface area contributed by atoms with Crippen molar-refractivity contribution in [1.29, 1.82) is 0 Å². The zero-order chi connectivity index (χ0) is 26.3. The van der Waals surface area contributed by atoms with E-state index in [9.17, 15) is 36.3 Å². The van der Waals surface area contributed by atoms with Crippen LogP contribution in [0.4, 0.5) is 13.2 Å². The van der Waals surface area contributed by atoms with Crippen LogP contribution in [-0.2, 0) is 16.4 Å². The minimum atomic E-state index is -5.55. The van der Waals surface area contributed by atoms with Gasteiger partial charge in [-0.05, 0) is 68.1 Å². The second-order valence-electron chi connectivity index (χ2n) is 8.46. The largest absolute Gasteiger partial charge is 0.501 e. The maximum absolute atomic E-state index is 13.1. The van der Waals surface area contributed by atoms with Crippen molar-refractivity contribution >= 4 is 15.7 Å². The van der Waals surface area contributed by atoms with Crippen LogP contribution >= 0.6 is 0 Å². The van der Waals surface area contributed by atoms with Crippen molar-refractivity contribution in [2.75, 3.05) is 13.1 Å². The summed E-state index contributed by atoms with van der Waals surface area (Å²) in [6, 6.07) is 6.66. The molecule has 1 saturated heterocycles. The summed E-state index contributed by atoms with van der Waals surface area (Å²) in [5.41, 5.74) is -5.18. The van der Waals surface area contributed by atoms with Gasteiger partial charge in [-0.2, -0.15) is 13.2 Å². The highest BCUT2D eigenvalue weighted by molar-refractivity contribution is 7.92. The Morgan fingerprint density at radius 3 is 2.33 bits per heavy atom. The number of piperidine rings is 1. The van der Waals surface area contributed by atoms with E-state index in [0.29, 0.717) is 18.7 Å². The summed E-state index contributed by atoms with van der Waals surface area (Å²) in [6.45, 7) is 2.79. The molecule has 9 nitrogen and oxygen atoms in total. The molecule has 1 fully saturated rings. The Bertz CT molecular complexity index is 1450. The highest BCUT2D eigenvalue weighted by atomic mass is 32.2. The molecule has 36 heavy (non-hydrogen) atoms. The van der Waals surface area contributed by atoms with Crippen LogP contribution in [0.2, 0.25) is 0 Å². The molecular formula is C23H23F3N4O5S. The van der Waals surface area contributed by atoms with Gasteiger partial charge in [0.1, 0.15) is 5.69 Å². The lowest BCUT2D eigenvalue weighted by atomic mass is 10.1. The van der Waals surface area contributed by atoms with Crippen molar-refractivity contribution in [3.05, 3.63) is 70.0 Å². The number of imidazole rings is 1. The van der Waals surface area contributed by atoms with Gasteiger partial charge in [-0.1, -0.05) is 0 Å². The molecule has 1 aliphatic rings. The van der Waals surface area contributed by atoms with Gasteiger partial charge in [-0.25, -0.2) is 17.8 Å². The fourth-order valence-electron chi connectivity index (χ4n) is 4.10. The van der Waals surface area contributed by atoms with Gasteiger partial charge in [0.25, 0.3) is 15.7 Å². The minimum absolute atomic E-state index is 0.00539. The molecule has 0 spiro atoms. The summed E-state index contributed by atoms with van der Waals surface area (Å²) in [7, 11) is -5.55. The third kappa shape index (κ3) is 4.62. The van der Waals surface area contributed by atoms with Gasteiger partial charge in [0.15, 0.2) is 0 Å². The molecule has 3 heterocycles. The van der Waals surface area contributed by atoms with Crippen molar-refractivity contribution in [2.45, 2.75) is 43.1 Å². The summed E-state index contributed by atoms with van der Waals surface area (Å²) in [5, 5.41) is 10.6. The number of likely N-dealkylation sites (tertiary alicyclic amines) is 1. The van der Waals surface area contributed by atoms with Gasteiger partial charge in [0.2, 0.25) is 5.88 Å². The minimum Gasteiger partial charge on any atom is -0.493 e. The number of hydrogen-bond donors (Lipinski definition) is 1. The number of carbonyl (C=O) groups excluding carboxylic acids is 1. The van der Waals surface area contributed by atoms with E-state index in [1.807, 2.05) is 0 Å². The number of rotatable bonds is 5. The van der Waals surface area contributed by atoms with Crippen molar-refractivity contribution in [1.82, 2.24) is 19.0 Å². The number of benzene rings is 1. The number of aromatic hydroxyl groups is 1. The van der Waals surface area contributed by atoms with E-state index in [4.69, 9.17) is 0 Å². The Morgan fingerprint density at radius 2 is 1.72 bits per heavy atom. The summed E-state index contributed by atoms with van der Waals surface area (Å²) < 4.78 is 63.7. The van der Waals surface area contributed by atoms with E-state index < -0.39 is 31.8 Å². The molecule has 3 aromatic rings. The van der Waals surface area contributed by atoms with Crippen LogP contribution in [0, 0.1) is 6.92 Å². The number of hydrogen-bond acceptors (Lipinski definition) is 6. The molecule has 0 unspecified atom stereocenters. The predicted molar refractivity (Wildman–Crippen MR) is 123 cm³/mol. The van der Waals surface area contributed by atoms with E-state index >= 15 is 0 Å². The lowest BCUT2D eigenvalue weighted by molar-refractivity contribution is -0.0436. The number of sulfone groups is 1. The number of carbonyl (C=O) groups is 1. The average Bonchev–Trinajstić information content (AvgIpc) is 3.06. The topological polar surface area (TPSA) is 115 Å². The van der Waals surface area contributed by atoms with Crippen LogP contribution in [0.3, 0.4) is 0 Å². The van der Waals surface area contributed by atoms with Gasteiger partial charge in [-0.3, -0.25) is 14.3 Å². The van der Waals surface area contributed by atoms with Crippen LogP contribution in [0.15, 0.2) is 52.3 Å². The van der Waals surface area contributed by atoms with E-state index in [1.165, 1.54) is 17.7 Å². The molecule has 0 radical (unpaired) electrons. The molecule has 2 aromatic heterocycles. The predicted octanol–water partition coefficient (Wildman–Crippen LogP) is 3.02. The summed E-state index contributed by atoms with van der Waals surface area (Å²) in [4.78, 5) is 30.8. The Balaban J connectivity index is 1.63. The second kappa shape index (κ2) is 9.45. The number of amides is 1. The van der Waals surface area contributed by atoms with E-state index in [2.05, 4.69) is 4.98 Å². The van der Waals surface area contributed by atoms with Crippen LogP contribution in [0.5, 0.6) is 5.88 Å². The Morgan fingerprint density at radius 1 is 1.08 bits per heavy atom. The highest BCUT2D eigenvalue weighted by Crippen LogP contribution is 2.31. The maximum Gasteiger partial charge on any atom is 0.501 e. The second-order valence-corrected chi connectivity index (χ2v) is 10.4. The molecular weight excluding hydrogens is 501 g/mol. The SMILES string of the molecule is Cc1c(O)n(-c2ccc(S(=O)(=O)C(F)(F)F)cc2)c(=O)n1Cc1ccnc(C(=O)N2CCCCC2)c1. The third-order valence-corrected chi connectivity index (χ3v) is 7.60. The monoisotopic (exact) mass is 524 g/mol. The van der Waals surface area contributed by atoms with Gasteiger partial charge >= 0.3 is 11.2 Å². The maximum atomic E-state index is 13.1. The number of alkyl halides is 3. The molecule has 0 atom stereocenters. The molecule has 0 saturated carbocycles. The summed E-state index contributed by atoms with van der Waals surface area (Å²) in [6.07, 6.45) is 4.39. The lowest BCUT2D eigenvalue weighted by Gasteiger charge is -2.26. The van der Waals surface area contributed by atoms with Crippen molar-refractivity contribution in [3.63, 3.8) is 0 Å². The molecule has 1 N–H and O–H groups in total. The first-order valence-corrected chi connectivity index (χ1v) is 12.6. The van der Waals surface area contributed by atoms with Crippen LogP contribution in [0.1, 0.15) is 41.0 Å². The summed E-state index contributed by atoms with van der Waals surface area (Å²) in [5.74, 6) is -0.653. The van der Waals surface area contributed by atoms with Crippen LogP contribution < -0.4 is 5.69 Å². The lowest BCUT2D eigenvalue weighted by Crippen LogP contribution is -2.36. The quantitative estimate of drug-likeness (QED) is 0.549. The van der Waals surface area contributed by atoms with Crippen molar-refractivity contribution in [3.8, 4) is 11.6 Å². The number of nitrogens with zero attached hydrogens (tertiary/aromatic N) is 4. The molecule has 1 amide bonds. The first-order chi connectivity index (χ1) is 16.9. The Hall–Kier alpha value is -3.61. The molecule has 1 aromatic carbocycles. The van der Waals surface area contributed by atoms with Gasteiger partial charge in [0.05, 0.1) is 22.8 Å². The molecule has 4 rings (SSSR count). The normalized spacial score (nSPS) is 14.7. The van der Waals surface area contributed by atoms with E-state index in [-0.39, 0.29) is 29.5 Å².